The molecule has 88 valence electrons. The van der Waals surface area contributed by atoms with Crippen molar-refractivity contribution in [1.29, 1.82) is 0 Å². The van der Waals surface area contributed by atoms with E-state index in [4.69, 9.17) is 15.2 Å². The molecular weight excluding hydrogens is 202 g/mol. The van der Waals surface area contributed by atoms with E-state index >= 15 is 0 Å². The highest BCUT2D eigenvalue weighted by Gasteiger charge is 2.07. The largest absolute Gasteiger partial charge is 0.493 e. The molecular formula is C13H19NO2. The molecule has 3 heteroatoms. The average Bonchev–Trinajstić information content (AvgIpc) is 2.29. The van der Waals surface area contributed by atoms with Gasteiger partial charge in [0.25, 0.3) is 0 Å². The van der Waals surface area contributed by atoms with Crippen LogP contribution in [0.3, 0.4) is 0 Å². The van der Waals surface area contributed by atoms with Crippen LogP contribution in [0.2, 0.25) is 0 Å². The molecule has 0 aliphatic rings. The zero-order chi connectivity index (χ0) is 12.0. The van der Waals surface area contributed by atoms with Gasteiger partial charge in [-0.25, -0.2) is 0 Å². The van der Waals surface area contributed by atoms with Gasteiger partial charge in [-0.05, 0) is 31.5 Å². The fourth-order valence-corrected chi connectivity index (χ4v) is 1.32. The van der Waals surface area contributed by atoms with Crippen LogP contribution in [0, 0.1) is 0 Å². The fraction of sp³-hybridized carbons (Fsp3) is 0.385. The number of methoxy groups -OCH3 is 1. The van der Waals surface area contributed by atoms with Gasteiger partial charge >= 0.3 is 0 Å². The van der Waals surface area contributed by atoms with Crippen LogP contribution in [0.15, 0.2) is 30.4 Å². The van der Waals surface area contributed by atoms with Crippen LogP contribution >= 0.6 is 0 Å². The van der Waals surface area contributed by atoms with Crippen molar-refractivity contribution in [2.75, 3.05) is 13.7 Å². The van der Waals surface area contributed by atoms with E-state index < -0.39 is 0 Å². The van der Waals surface area contributed by atoms with Crippen molar-refractivity contribution >= 4 is 0 Å². The van der Waals surface area contributed by atoms with Gasteiger partial charge in [0.15, 0.2) is 11.5 Å². The van der Waals surface area contributed by atoms with Gasteiger partial charge in [-0.15, -0.1) is 0 Å². The Morgan fingerprint density at radius 2 is 2.12 bits per heavy atom. The number of ether oxygens (including phenoxy) is 2. The summed E-state index contributed by atoms with van der Waals surface area (Å²) in [6.07, 6.45) is 3.89. The molecule has 2 N–H and O–H groups in total. The van der Waals surface area contributed by atoms with Crippen molar-refractivity contribution in [3.8, 4) is 11.5 Å². The maximum Gasteiger partial charge on any atom is 0.161 e. The van der Waals surface area contributed by atoms with Gasteiger partial charge in [0.1, 0.15) is 6.61 Å². The van der Waals surface area contributed by atoms with Gasteiger partial charge < -0.3 is 15.2 Å². The van der Waals surface area contributed by atoms with Gasteiger partial charge in [0.05, 0.1) is 7.11 Å². The molecule has 16 heavy (non-hydrogen) atoms. The van der Waals surface area contributed by atoms with E-state index in [0.717, 1.165) is 17.1 Å². The predicted octanol–water partition coefficient (Wildman–Crippen LogP) is 2.67. The summed E-state index contributed by atoms with van der Waals surface area (Å²) in [5.41, 5.74) is 6.84. The summed E-state index contributed by atoms with van der Waals surface area (Å²) >= 11 is 0. The first kappa shape index (κ1) is 12.6. The van der Waals surface area contributed by atoms with Crippen LogP contribution in [-0.4, -0.2) is 13.7 Å². The SMILES string of the molecule is CC=CCOc1ccc([C@H](C)N)cc1OC. The van der Waals surface area contributed by atoms with Crippen LogP contribution in [-0.2, 0) is 0 Å². The molecule has 0 bridgehead atoms. The first-order chi connectivity index (χ1) is 7.69. The molecule has 1 rings (SSSR count). The van der Waals surface area contributed by atoms with Crippen LogP contribution in [0.25, 0.3) is 0 Å². The summed E-state index contributed by atoms with van der Waals surface area (Å²) in [5.74, 6) is 1.46. The lowest BCUT2D eigenvalue weighted by atomic mass is 10.1. The van der Waals surface area contributed by atoms with Gasteiger partial charge in [-0.1, -0.05) is 18.2 Å². The van der Waals surface area contributed by atoms with Crippen LogP contribution in [0.5, 0.6) is 11.5 Å². The predicted molar refractivity (Wildman–Crippen MR) is 65.9 cm³/mol. The maximum absolute atomic E-state index is 5.80. The molecule has 0 saturated heterocycles. The molecule has 0 heterocycles. The Morgan fingerprint density at radius 3 is 2.69 bits per heavy atom. The van der Waals surface area contributed by atoms with Crippen molar-refractivity contribution < 1.29 is 9.47 Å². The number of allylic oxidation sites excluding steroid dienone is 1. The van der Waals surface area contributed by atoms with E-state index in [1.807, 2.05) is 44.2 Å². The monoisotopic (exact) mass is 221 g/mol. The molecule has 0 saturated carbocycles. The molecule has 0 spiro atoms. The summed E-state index contributed by atoms with van der Waals surface area (Å²) < 4.78 is 10.8. The van der Waals surface area contributed by atoms with Crippen molar-refractivity contribution in [2.45, 2.75) is 19.9 Å². The molecule has 0 aliphatic heterocycles. The maximum atomic E-state index is 5.80. The Balaban J connectivity index is 2.84. The highest BCUT2D eigenvalue weighted by atomic mass is 16.5. The van der Waals surface area contributed by atoms with E-state index in [-0.39, 0.29) is 6.04 Å². The van der Waals surface area contributed by atoms with E-state index in [0.29, 0.717) is 6.61 Å². The lowest BCUT2D eigenvalue weighted by Gasteiger charge is -2.12. The molecule has 1 aromatic carbocycles. The summed E-state index contributed by atoms with van der Waals surface area (Å²) in [7, 11) is 1.63. The molecule has 3 nitrogen and oxygen atoms in total. The standard InChI is InChI=1S/C13H19NO2/c1-4-5-8-16-12-7-6-11(10(2)14)9-13(12)15-3/h4-7,9-10H,8,14H2,1-3H3/t10-/m0/s1. The molecule has 0 unspecified atom stereocenters. The smallest absolute Gasteiger partial charge is 0.161 e. The highest BCUT2D eigenvalue weighted by molar-refractivity contribution is 5.43. The van der Waals surface area contributed by atoms with E-state index in [9.17, 15) is 0 Å². The second kappa shape index (κ2) is 6.18. The van der Waals surface area contributed by atoms with Crippen molar-refractivity contribution in [3.63, 3.8) is 0 Å². The normalized spacial score (nSPS) is 12.8. The third-order valence-corrected chi connectivity index (χ3v) is 2.28. The van der Waals surface area contributed by atoms with Gasteiger partial charge in [-0.2, -0.15) is 0 Å². The number of rotatable bonds is 5. The molecule has 0 fully saturated rings. The minimum Gasteiger partial charge on any atom is -0.493 e. The topological polar surface area (TPSA) is 44.5 Å². The molecule has 0 aliphatic carbocycles. The zero-order valence-electron chi connectivity index (χ0n) is 10.1. The average molecular weight is 221 g/mol. The second-order valence-corrected chi connectivity index (χ2v) is 3.58. The second-order valence-electron chi connectivity index (χ2n) is 3.58. The molecule has 0 amide bonds. The summed E-state index contributed by atoms with van der Waals surface area (Å²) in [6, 6.07) is 5.76. The molecule has 0 radical (unpaired) electrons. The van der Waals surface area contributed by atoms with Gasteiger partial charge in [-0.3, -0.25) is 0 Å². The van der Waals surface area contributed by atoms with Gasteiger partial charge in [0, 0.05) is 6.04 Å². The minimum atomic E-state index is -0.00140. The first-order valence-electron chi connectivity index (χ1n) is 5.36. The Labute approximate surface area is 96.9 Å². The summed E-state index contributed by atoms with van der Waals surface area (Å²) in [6.45, 7) is 4.44. The number of hydrogen-bond acceptors (Lipinski definition) is 3. The first-order valence-corrected chi connectivity index (χ1v) is 5.36. The lowest BCUT2D eigenvalue weighted by molar-refractivity contribution is 0.325. The quantitative estimate of drug-likeness (QED) is 0.777. The number of benzene rings is 1. The minimum absolute atomic E-state index is 0.00140. The van der Waals surface area contributed by atoms with Crippen molar-refractivity contribution in [1.82, 2.24) is 0 Å². The molecule has 1 atom stereocenters. The van der Waals surface area contributed by atoms with Crippen molar-refractivity contribution in [2.24, 2.45) is 5.73 Å². The van der Waals surface area contributed by atoms with Crippen LogP contribution < -0.4 is 15.2 Å². The number of hydrogen-bond donors (Lipinski definition) is 1. The Morgan fingerprint density at radius 1 is 1.38 bits per heavy atom. The number of nitrogens with two attached hydrogens (primary N) is 1. The Bertz CT molecular complexity index is 359. The van der Waals surface area contributed by atoms with Crippen molar-refractivity contribution in [3.05, 3.63) is 35.9 Å². The Kier molecular flexibility index (Phi) is 4.86. The lowest BCUT2D eigenvalue weighted by Crippen LogP contribution is -2.05. The molecule has 0 aromatic heterocycles. The fourth-order valence-electron chi connectivity index (χ4n) is 1.32. The van der Waals surface area contributed by atoms with Crippen LogP contribution in [0.1, 0.15) is 25.5 Å². The molecule has 1 aromatic rings. The van der Waals surface area contributed by atoms with Gasteiger partial charge in [0.2, 0.25) is 0 Å². The van der Waals surface area contributed by atoms with Crippen LogP contribution in [0.4, 0.5) is 0 Å². The van der Waals surface area contributed by atoms with E-state index in [2.05, 4.69) is 0 Å². The highest BCUT2D eigenvalue weighted by Crippen LogP contribution is 2.29. The van der Waals surface area contributed by atoms with E-state index in [1.54, 1.807) is 7.11 Å². The zero-order valence-corrected chi connectivity index (χ0v) is 10.1. The van der Waals surface area contributed by atoms with E-state index in [1.165, 1.54) is 0 Å². The summed E-state index contributed by atoms with van der Waals surface area (Å²) in [4.78, 5) is 0. The third kappa shape index (κ3) is 3.28. The third-order valence-electron chi connectivity index (χ3n) is 2.28. The Hall–Kier alpha value is -1.48. The summed E-state index contributed by atoms with van der Waals surface area (Å²) in [5, 5.41) is 0.